The van der Waals surface area contributed by atoms with E-state index in [0.717, 1.165) is 26.2 Å². The van der Waals surface area contributed by atoms with E-state index >= 15 is 0 Å². The zero-order chi connectivity index (χ0) is 16.9. The summed E-state index contributed by atoms with van der Waals surface area (Å²) in [5.74, 6) is 1.24. The molecule has 5 heteroatoms. The Bertz CT molecular complexity index is 328. The van der Waals surface area contributed by atoms with E-state index in [1.165, 1.54) is 25.0 Å². The Kier molecular flexibility index (Phi) is 7.93. The van der Waals surface area contributed by atoms with E-state index in [2.05, 4.69) is 46.4 Å². The summed E-state index contributed by atoms with van der Waals surface area (Å²) >= 11 is 0. The van der Waals surface area contributed by atoms with Gasteiger partial charge in [0.15, 0.2) is 0 Å². The molecule has 134 valence electrons. The second-order valence-electron chi connectivity index (χ2n) is 8.11. The molecule has 0 aliphatic carbocycles. The molecule has 0 aromatic carbocycles. The van der Waals surface area contributed by atoms with Crippen LogP contribution in [0.2, 0.25) is 18.1 Å². The first-order valence-corrected chi connectivity index (χ1v) is 14.2. The summed E-state index contributed by atoms with van der Waals surface area (Å²) in [6.45, 7) is 14.3. The lowest BCUT2D eigenvalue weighted by Crippen LogP contribution is -2.43. The monoisotopic (exact) mass is 350 g/mol. The highest BCUT2D eigenvalue weighted by Crippen LogP contribution is 2.52. The predicted octanol–water partition coefficient (Wildman–Crippen LogP) is 4.96. The van der Waals surface area contributed by atoms with E-state index in [1.54, 1.807) is 0 Å². The minimum atomic E-state index is -1.73. The SMILES string of the molecule is CCCCS(C)(C)O[Si](C)(C)C(C)(C)CCCOCC1CO1. The lowest BCUT2D eigenvalue weighted by Gasteiger charge is -2.46. The van der Waals surface area contributed by atoms with Crippen LogP contribution in [0.4, 0.5) is 0 Å². The second kappa shape index (κ2) is 8.52. The smallest absolute Gasteiger partial charge is 0.208 e. The molecule has 0 aromatic heterocycles. The normalized spacial score (nSPS) is 20.2. The highest BCUT2D eigenvalue weighted by Gasteiger charge is 2.43. The highest BCUT2D eigenvalue weighted by atomic mass is 32.3. The zero-order valence-corrected chi connectivity index (χ0v) is 17.7. The lowest BCUT2D eigenvalue weighted by molar-refractivity contribution is 0.111. The maximum absolute atomic E-state index is 6.76. The summed E-state index contributed by atoms with van der Waals surface area (Å²) in [4.78, 5) is 0. The Hall–Kier alpha value is 0.447. The van der Waals surface area contributed by atoms with Crippen LogP contribution in [0.5, 0.6) is 0 Å². The summed E-state index contributed by atoms with van der Waals surface area (Å²) < 4.78 is 17.6. The quantitative estimate of drug-likeness (QED) is 0.283. The van der Waals surface area contributed by atoms with E-state index in [0.29, 0.717) is 6.10 Å². The van der Waals surface area contributed by atoms with E-state index in [4.69, 9.17) is 13.3 Å². The Morgan fingerprint density at radius 2 is 1.86 bits per heavy atom. The summed E-state index contributed by atoms with van der Waals surface area (Å²) in [5.41, 5.74) is 0. The molecule has 0 N–H and O–H groups in total. The van der Waals surface area contributed by atoms with Crippen molar-refractivity contribution in [3.8, 4) is 0 Å². The number of hydrogen-bond acceptors (Lipinski definition) is 3. The van der Waals surface area contributed by atoms with Gasteiger partial charge in [-0.15, -0.1) is 0 Å². The molecule has 0 amide bonds. The number of rotatable bonds is 12. The fourth-order valence-corrected chi connectivity index (χ4v) is 10.0. The third-order valence-electron chi connectivity index (χ3n) is 4.85. The first-order valence-electron chi connectivity index (χ1n) is 8.70. The standard InChI is InChI=1S/C17H38O3SSi/c1-8-9-13-21(4,5)20-22(6,7)17(2,3)11-10-12-18-14-16-15-19-16/h16H,8-15H2,1-7H3. The van der Waals surface area contributed by atoms with Gasteiger partial charge >= 0.3 is 0 Å². The molecule has 22 heavy (non-hydrogen) atoms. The van der Waals surface area contributed by atoms with Crippen molar-refractivity contribution in [2.75, 3.05) is 38.1 Å². The van der Waals surface area contributed by atoms with Crippen LogP contribution in [0.25, 0.3) is 0 Å². The van der Waals surface area contributed by atoms with Gasteiger partial charge in [0.1, 0.15) is 6.10 Å². The van der Waals surface area contributed by atoms with Gasteiger partial charge in [0, 0.05) is 6.61 Å². The van der Waals surface area contributed by atoms with Gasteiger partial charge in [-0.05, 0) is 55.7 Å². The Balaban J connectivity index is 2.37. The molecular formula is C17H38O3SSi. The molecule has 0 aromatic rings. The summed E-state index contributed by atoms with van der Waals surface area (Å²) in [6, 6.07) is 0. The topological polar surface area (TPSA) is 31.0 Å². The molecule has 0 saturated carbocycles. The van der Waals surface area contributed by atoms with Gasteiger partial charge < -0.3 is 13.3 Å². The van der Waals surface area contributed by atoms with Crippen molar-refractivity contribution in [1.82, 2.24) is 0 Å². The van der Waals surface area contributed by atoms with Gasteiger partial charge in [-0.1, -0.05) is 27.2 Å². The Labute approximate surface area is 141 Å². The number of hydrogen-bond donors (Lipinski definition) is 0. The van der Waals surface area contributed by atoms with Crippen LogP contribution in [0.3, 0.4) is 0 Å². The molecule has 1 saturated heterocycles. The first kappa shape index (κ1) is 20.5. The second-order valence-corrected chi connectivity index (χ2v) is 16.4. The number of unbranched alkanes of at least 4 members (excludes halogenated alkanes) is 1. The molecule has 0 radical (unpaired) electrons. The zero-order valence-electron chi connectivity index (χ0n) is 15.9. The van der Waals surface area contributed by atoms with Crippen LogP contribution in [0.1, 0.15) is 46.5 Å². The number of ether oxygens (including phenoxy) is 2. The van der Waals surface area contributed by atoms with Crippen molar-refractivity contribution >= 4 is 18.6 Å². The van der Waals surface area contributed by atoms with Crippen LogP contribution < -0.4 is 0 Å². The van der Waals surface area contributed by atoms with Crippen molar-refractivity contribution in [2.45, 2.75) is 70.7 Å². The van der Waals surface area contributed by atoms with Crippen LogP contribution in [-0.2, 0) is 13.3 Å². The molecule has 1 rings (SSSR count). The molecule has 0 spiro atoms. The fourth-order valence-electron chi connectivity index (χ4n) is 2.51. The van der Waals surface area contributed by atoms with Crippen molar-refractivity contribution in [3.63, 3.8) is 0 Å². The Morgan fingerprint density at radius 1 is 1.23 bits per heavy atom. The van der Waals surface area contributed by atoms with Crippen molar-refractivity contribution in [2.24, 2.45) is 0 Å². The molecule has 3 nitrogen and oxygen atoms in total. The molecule has 1 atom stereocenters. The van der Waals surface area contributed by atoms with Gasteiger partial charge in [0.25, 0.3) is 0 Å². The van der Waals surface area contributed by atoms with Crippen molar-refractivity contribution < 1.29 is 13.3 Å². The van der Waals surface area contributed by atoms with Gasteiger partial charge in [0.05, 0.1) is 13.2 Å². The number of epoxide rings is 1. The maximum Gasteiger partial charge on any atom is 0.208 e. The van der Waals surface area contributed by atoms with Crippen molar-refractivity contribution in [1.29, 1.82) is 0 Å². The van der Waals surface area contributed by atoms with Crippen LogP contribution in [0, 0.1) is 0 Å². The minimum Gasteiger partial charge on any atom is -0.379 e. The highest BCUT2D eigenvalue weighted by molar-refractivity contribution is 8.29. The lowest BCUT2D eigenvalue weighted by atomic mass is 10.1. The molecule has 0 bridgehead atoms. The van der Waals surface area contributed by atoms with Crippen LogP contribution in [-0.4, -0.2) is 52.5 Å². The van der Waals surface area contributed by atoms with Crippen LogP contribution in [0.15, 0.2) is 0 Å². The molecule has 1 aliphatic rings. The van der Waals surface area contributed by atoms with Gasteiger partial charge in [-0.2, -0.15) is 10.3 Å². The average Bonchev–Trinajstić information content (AvgIpc) is 3.18. The third kappa shape index (κ3) is 7.34. The summed E-state index contributed by atoms with van der Waals surface area (Å²) in [5, 5.41) is 0.281. The van der Waals surface area contributed by atoms with Gasteiger partial charge in [0.2, 0.25) is 8.32 Å². The van der Waals surface area contributed by atoms with E-state index < -0.39 is 18.6 Å². The van der Waals surface area contributed by atoms with Crippen LogP contribution >= 0.6 is 10.3 Å². The fraction of sp³-hybridized carbons (Fsp3) is 1.00. The van der Waals surface area contributed by atoms with Gasteiger partial charge in [-0.25, -0.2) is 0 Å². The summed E-state index contributed by atoms with van der Waals surface area (Å²) in [7, 11) is -2.64. The molecule has 1 fully saturated rings. The molecule has 1 aliphatic heterocycles. The first-order chi connectivity index (χ1) is 10.1. The third-order valence-corrected chi connectivity index (χ3v) is 13.1. The molecule has 1 heterocycles. The average molecular weight is 351 g/mol. The van der Waals surface area contributed by atoms with Gasteiger partial charge in [-0.3, -0.25) is 0 Å². The van der Waals surface area contributed by atoms with Crippen molar-refractivity contribution in [3.05, 3.63) is 0 Å². The largest absolute Gasteiger partial charge is 0.379 e. The van der Waals surface area contributed by atoms with E-state index in [9.17, 15) is 0 Å². The minimum absolute atomic E-state index is 0.281. The summed E-state index contributed by atoms with van der Waals surface area (Å²) in [6.07, 6.45) is 9.89. The predicted molar refractivity (Wildman–Crippen MR) is 102 cm³/mol. The van der Waals surface area contributed by atoms with E-state index in [1.807, 2.05) is 0 Å². The molecule has 1 unspecified atom stereocenters. The Morgan fingerprint density at radius 3 is 2.41 bits per heavy atom. The maximum atomic E-state index is 6.76. The molecular weight excluding hydrogens is 312 g/mol. The van der Waals surface area contributed by atoms with E-state index in [-0.39, 0.29) is 5.04 Å².